The van der Waals surface area contributed by atoms with Crippen LogP contribution in [0.4, 0.5) is 8.78 Å². The zero-order chi connectivity index (χ0) is 9.84. The Hall–Kier alpha value is -0.960. The molecule has 0 amide bonds. The topological polar surface area (TPSA) is 26.0 Å². The van der Waals surface area contributed by atoms with E-state index >= 15 is 0 Å². The lowest BCUT2D eigenvalue weighted by Crippen LogP contribution is -2.17. The average Bonchev–Trinajstić information content (AvgIpc) is 2.04. The van der Waals surface area contributed by atoms with Crippen molar-refractivity contribution in [2.24, 2.45) is 5.73 Å². The number of halogens is 2. The van der Waals surface area contributed by atoms with Crippen molar-refractivity contribution >= 4 is 0 Å². The van der Waals surface area contributed by atoms with Crippen LogP contribution in [0.25, 0.3) is 0 Å². The second kappa shape index (κ2) is 4.33. The normalized spacial score (nSPS) is 13.3. The van der Waals surface area contributed by atoms with Crippen LogP contribution in [0.3, 0.4) is 0 Å². The van der Waals surface area contributed by atoms with Crippen molar-refractivity contribution in [3.63, 3.8) is 0 Å². The van der Waals surface area contributed by atoms with E-state index in [1.165, 1.54) is 12.1 Å². The zero-order valence-corrected chi connectivity index (χ0v) is 7.50. The molecule has 0 unspecified atom stereocenters. The molecule has 0 aliphatic heterocycles. The maximum Gasteiger partial charge on any atom is 0.263 e. The van der Waals surface area contributed by atoms with Crippen LogP contribution in [0.15, 0.2) is 24.3 Å². The summed E-state index contributed by atoms with van der Waals surface area (Å²) in [6, 6.07) is 6.36. The predicted molar refractivity (Wildman–Crippen MR) is 48.8 cm³/mol. The van der Waals surface area contributed by atoms with Crippen molar-refractivity contribution < 1.29 is 8.78 Å². The molecule has 0 fully saturated rings. The van der Waals surface area contributed by atoms with E-state index in [0.717, 1.165) is 12.0 Å². The van der Waals surface area contributed by atoms with Crippen molar-refractivity contribution in [1.82, 2.24) is 0 Å². The van der Waals surface area contributed by atoms with Crippen molar-refractivity contribution in [3.05, 3.63) is 35.4 Å². The van der Waals surface area contributed by atoms with Gasteiger partial charge in [-0.25, -0.2) is 8.78 Å². The number of nitrogens with two attached hydrogens (primary N) is 1. The van der Waals surface area contributed by atoms with Gasteiger partial charge in [0, 0.05) is 11.6 Å². The minimum Gasteiger partial charge on any atom is -0.328 e. The first-order valence-corrected chi connectivity index (χ1v) is 4.22. The highest BCUT2D eigenvalue weighted by Gasteiger charge is 2.05. The van der Waals surface area contributed by atoms with Crippen LogP contribution in [0, 0.1) is 0 Å². The fourth-order valence-electron chi connectivity index (χ4n) is 1.17. The molecular weight excluding hydrogens is 172 g/mol. The highest BCUT2D eigenvalue weighted by Crippen LogP contribution is 2.18. The van der Waals surface area contributed by atoms with Gasteiger partial charge in [0.05, 0.1) is 0 Å². The van der Waals surface area contributed by atoms with E-state index in [2.05, 4.69) is 0 Å². The molecule has 0 aromatic heterocycles. The van der Waals surface area contributed by atoms with Crippen molar-refractivity contribution in [2.45, 2.75) is 25.8 Å². The Balaban J connectivity index is 2.70. The molecular formula is C10H13F2N. The largest absolute Gasteiger partial charge is 0.328 e. The van der Waals surface area contributed by atoms with Crippen LogP contribution in [0.5, 0.6) is 0 Å². The molecule has 1 aromatic carbocycles. The number of hydrogen-bond donors (Lipinski definition) is 1. The van der Waals surface area contributed by atoms with Crippen LogP contribution >= 0.6 is 0 Å². The van der Waals surface area contributed by atoms with E-state index in [9.17, 15) is 8.78 Å². The molecule has 0 saturated heterocycles. The van der Waals surface area contributed by atoms with Gasteiger partial charge in [-0.15, -0.1) is 0 Å². The summed E-state index contributed by atoms with van der Waals surface area (Å²) in [6.45, 7) is 1.89. The number of benzene rings is 1. The molecule has 1 rings (SSSR count). The van der Waals surface area contributed by atoms with Crippen molar-refractivity contribution in [2.75, 3.05) is 0 Å². The summed E-state index contributed by atoms with van der Waals surface area (Å²) in [7, 11) is 0. The minimum atomic E-state index is -2.38. The second-order valence-corrected chi connectivity index (χ2v) is 3.22. The van der Waals surface area contributed by atoms with Gasteiger partial charge in [-0.05, 0) is 18.9 Å². The average molecular weight is 185 g/mol. The first-order chi connectivity index (χ1) is 6.09. The van der Waals surface area contributed by atoms with Crippen LogP contribution < -0.4 is 5.73 Å². The Morgan fingerprint density at radius 3 is 2.15 bits per heavy atom. The highest BCUT2D eigenvalue weighted by molar-refractivity contribution is 5.23. The summed E-state index contributed by atoms with van der Waals surface area (Å²) in [5.41, 5.74) is 6.64. The molecule has 1 nitrogen and oxygen atoms in total. The lowest BCUT2D eigenvalue weighted by Gasteiger charge is -2.05. The molecule has 2 N–H and O–H groups in total. The van der Waals surface area contributed by atoms with Crippen LogP contribution in [-0.4, -0.2) is 6.04 Å². The molecule has 13 heavy (non-hydrogen) atoms. The third-order valence-corrected chi connectivity index (χ3v) is 1.79. The van der Waals surface area contributed by atoms with Gasteiger partial charge in [0.25, 0.3) is 6.43 Å². The number of hydrogen-bond acceptors (Lipinski definition) is 1. The SMILES string of the molecule is C[C@H](N)Cc1ccc(C(F)F)cc1. The highest BCUT2D eigenvalue weighted by atomic mass is 19.3. The Morgan fingerprint density at radius 1 is 1.23 bits per heavy atom. The molecule has 0 aliphatic carbocycles. The lowest BCUT2D eigenvalue weighted by molar-refractivity contribution is 0.151. The Kier molecular flexibility index (Phi) is 3.37. The molecule has 0 spiro atoms. The van der Waals surface area contributed by atoms with E-state index in [1.807, 2.05) is 6.92 Å². The first-order valence-electron chi connectivity index (χ1n) is 4.22. The number of rotatable bonds is 3. The van der Waals surface area contributed by atoms with Gasteiger partial charge in [0.2, 0.25) is 0 Å². The summed E-state index contributed by atoms with van der Waals surface area (Å²) in [5, 5.41) is 0. The van der Waals surface area contributed by atoms with Gasteiger partial charge in [-0.3, -0.25) is 0 Å². The number of alkyl halides is 2. The molecule has 0 radical (unpaired) electrons. The van der Waals surface area contributed by atoms with Gasteiger partial charge in [-0.1, -0.05) is 24.3 Å². The summed E-state index contributed by atoms with van der Waals surface area (Å²) in [6.07, 6.45) is -1.66. The molecule has 72 valence electrons. The summed E-state index contributed by atoms with van der Waals surface area (Å²) >= 11 is 0. The zero-order valence-electron chi connectivity index (χ0n) is 7.50. The van der Waals surface area contributed by atoms with E-state index < -0.39 is 6.43 Å². The van der Waals surface area contributed by atoms with Crippen LogP contribution in [0.1, 0.15) is 24.5 Å². The molecule has 0 aliphatic rings. The third kappa shape index (κ3) is 3.11. The molecule has 0 saturated carbocycles. The Labute approximate surface area is 76.6 Å². The molecule has 0 heterocycles. The van der Waals surface area contributed by atoms with E-state index in [1.54, 1.807) is 12.1 Å². The van der Waals surface area contributed by atoms with Gasteiger partial charge < -0.3 is 5.73 Å². The smallest absolute Gasteiger partial charge is 0.263 e. The van der Waals surface area contributed by atoms with E-state index in [4.69, 9.17) is 5.73 Å². The monoisotopic (exact) mass is 185 g/mol. The minimum absolute atomic E-state index is 0.0634. The van der Waals surface area contributed by atoms with E-state index in [0.29, 0.717) is 0 Å². The standard InChI is InChI=1S/C10H13F2N/c1-7(13)6-8-2-4-9(5-3-8)10(11)12/h2-5,7,10H,6,13H2,1H3/t7-/m0/s1. The van der Waals surface area contributed by atoms with Crippen molar-refractivity contribution in [1.29, 1.82) is 0 Å². The molecule has 1 aromatic rings. The molecule has 1 atom stereocenters. The van der Waals surface area contributed by atoms with Gasteiger partial charge in [-0.2, -0.15) is 0 Å². The second-order valence-electron chi connectivity index (χ2n) is 3.22. The van der Waals surface area contributed by atoms with Crippen molar-refractivity contribution in [3.8, 4) is 0 Å². The fourth-order valence-corrected chi connectivity index (χ4v) is 1.17. The quantitative estimate of drug-likeness (QED) is 0.769. The third-order valence-electron chi connectivity index (χ3n) is 1.79. The molecule has 0 bridgehead atoms. The van der Waals surface area contributed by atoms with E-state index in [-0.39, 0.29) is 11.6 Å². The fraction of sp³-hybridized carbons (Fsp3) is 0.400. The summed E-state index contributed by atoms with van der Waals surface area (Å²) < 4.78 is 24.3. The van der Waals surface area contributed by atoms with Gasteiger partial charge in [0.15, 0.2) is 0 Å². The Bertz CT molecular complexity index is 254. The van der Waals surface area contributed by atoms with Crippen LogP contribution in [-0.2, 0) is 6.42 Å². The van der Waals surface area contributed by atoms with Crippen LogP contribution in [0.2, 0.25) is 0 Å². The summed E-state index contributed by atoms with van der Waals surface area (Å²) in [4.78, 5) is 0. The maximum atomic E-state index is 12.1. The predicted octanol–water partition coefficient (Wildman–Crippen LogP) is 2.51. The first kappa shape index (κ1) is 10.1. The maximum absolute atomic E-state index is 12.1. The van der Waals surface area contributed by atoms with Gasteiger partial charge in [0.1, 0.15) is 0 Å². The van der Waals surface area contributed by atoms with Gasteiger partial charge >= 0.3 is 0 Å². The summed E-state index contributed by atoms with van der Waals surface area (Å²) in [5.74, 6) is 0. The molecule has 3 heteroatoms. The lowest BCUT2D eigenvalue weighted by atomic mass is 10.1. The Morgan fingerprint density at radius 2 is 1.77 bits per heavy atom.